The van der Waals surface area contributed by atoms with Crippen molar-refractivity contribution in [3.63, 3.8) is 0 Å². The maximum atomic E-state index is 11.0. The van der Waals surface area contributed by atoms with Gasteiger partial charge in [-0.1, -0.05) is 53.4 Å². The Morgan fingerprint density at radius 2 is 1.91 bits per heavy atom. The Bertz CT molecular complexity index is 336. The molecule has 0 aromatic carbocycles. The van der Waals surface area contributed by atoms with Gasteiger partial charge in [-0.15, -0.1) is 0 Å². The summed E-state index contributed by atoms with van der Waals surface area (Å²) in [6, 6.07) is 0. The molecule has 0 amide bonds. The highest BCUT2D eigenvalue weighted by Gasteiger charge is 2.42. The topological polar surface area (TPSA) is 35.5 Å². The second-order valence-electron chi connectivity index (χ2n) is 8.19. The maximum absolute atomic E-state index is 11.0. The summed E-state index contributed by atoms with van der Waals surface area (Å²) in [6.45, 7) is 13.7. The normalized spacial score (nSPS) is 24.5. The van der Waals surface area contributed by atoms with Gasteiger partial charge in [0, 0.05) is 0 Å². The van der Waals surface area contributed by atoms with Crippen molar-refractivity contribution < 1.29 is 14.0 Å². The van der Waals surface area contributed by atoms with Gasteiger partial charge in [0.05, 0.1) is 12.2 Å². The molecule has 0 unspecified atom stereocenters. The average Bonchev–Trinajstić information content (AvgIpc) is 2.89. The molecule has 3 atom stereocenters. The van der Waals surface area contributed by atoms with Crippen LogP contribution < -0.4 is 0 Å². The lowest BCUT2D eigenvalue weighted by Gasteiger charge is -2.40. The van der Waals surface area contributed by atoms with Crippen LogP contribution in [0, 0.1) is 0 Å². The fourth-order valence-electron chi connectivity index (χ4n) is 2.71. The van der Waals surface area contributed by atoms with Gasteiger partial charge in [-0.25, -0.2) is 0 Å². The first-order valence-electron chi connectivity index (χ1n) is 9.00. The van der Waals surface area contributed by atoms with Crippen molar-refractivity contribution >= 4 is 14.6 Å². The van der Waals surface area contributed by atoms with Crippen molar-refractivity contribution in [3.8, 4) is 0 Å². The molecule has 1 aliphatic heterocycles. The Morgan fingerprint density at radius 1 is 1.23 bits per heavy atom. The van der Waals surface area contributed by atoms with Gasteiger partial charge in [0.25, 0.3) is 0 Å². The summed E-state index contributed by atoms with van der Waals surface area (Å²) in [7, 11) is -1.80. The zero-order valence-corrected chi connectivity index (χ0v) is 16.5. The molecule has 0 aliphatic carbocycles. The first kappa shape index (κ1) is 19.9. The Balaban J connectivity index is 2.67. The van der Waals surface area contributed by atoms with E-state index in [1.165, 1.54) is 25.7 Å². The molecule has 0 N–H and O–H groups in total. The van der Waals surface area contributed by atoms with Gasteiger partial charge in [-0.3, -0.25) is 0 Å². The minimum atomic E-state index is -1.80. The van der Waals surface area contributed by atoms with E-state index in [1.54, 1.807) is 0 Å². The van der Waals surface area contributed by atoms with Gasteiger partial charge in [0.2, 0.25) is 0 Å². The van der Waals surface area contributed by atoms with Crippen LogP contribution in [0.4, 0.5) is 0 Å². The van der Waals surface area contributed by atoms with E-state index in [9.17, 15) is 4.79 Å². The van der Waals surface area contributed by atoms with Crippen LogP contribution in [0.3, 0.4) is 0 Å². The Hall–Kier alpha value is -0.193. The summed E-state index contributed by atoms with van der Waals surface area (Å²) >= 11 is 0. The minimum absolute atomic E-state index is 0.103. The summed E-state index contributed by atoms with van der Waals surface area (Å²) in [6.07, 6.45) is 8.84. The number of ether oxygens (including phenoxy) is 1. The van der Waals surface area contributed by atoms with Crippen molar-refractivity contribution in [1.29, 1.82) is 0 Å². The van der Waals surface area contributed by atoms with Crippen molar-refractivity contribution in [2.24, 2.45) is 0 Å². The van der Waals surface area contributed by atoms with Crippen LogP contribution in [-0.2, 0) is 14.0 Å². The first-order chi connectivity index (χ1) is 10.2. The summed E-state index contributed by atoms with van der Waals surface area (Å²) in [5.74, 6) is 0. The van der Waals surface area contributed by atoms with Gasteiger partial charge >= 0.3 is 0 Å². The molecule has 1 aliphatic rings. The van der Waals surface area contributed by atoms with Crippen LogP contribution in [0.2, 0.25) is 18.1 Å². The number of carbonyl (C=O) groups excluding carboxylic acids is 1. The highest BCUT2D eigenvalue weighted by Crippen LogP contribution is 2.39. The van der Waals surface area contributed by atoms with Crippen molar-refractivity contribution in [1.82, 2.24) is 0 Å². The molecule has 130 valence electrons. The molecule has 0 saturated carbocycles. The van der Waals surface area contributed by atoms with Crippen LogP contribution >= 0.6 is 0 Å². The Kier molecular flexibility index (Phi) is 7.76. The molecule has 0 spiro atoms. The second kappa shape index (κ2) is 8.60. The van der Waals surface area contributed by atoms with Crippen LogP contribution in [0.25, 0.3) is 0 Å². The molecule has 0 radical (unpaired) electrons. The van der Waals surface area contributed by atoms with Gasteiger partial charge in [-0.05, 0) is 37.4 Å². The molecule has 1 fully saturated rings. The monoisotopic (exact) mass is 328 g/mol. The fraction of sp³-hybridized carbons (Fsp3) is 0.944. The summed E-state index contributed by atoms with van der Waals surface area (Å²) < 4.78 is 12.6. The van der Waals surface area contributed by atoms with Crippen LogP contribution in [0.1, 0.15) is 72.6 Å². The lowest BCUT2D eigenvalue weighted by molar-refractivity contribution is -0.119. The first-order valence-corrected chi connectivity index (χ1v) is 11.9. The predicted octanol–water partition coefficient (Wildman–Crippen LogP) is 5.09. The highest BCUT2D eigenvalue weighted by molar-refractivity contribution is 6.74. The van der Waals surface area contributed by atoms with Crippen molar-refractivity contribution in [2.75, 3.05) is 0 Å². The molecule has 22 heavy (non-hydrogen) atoms. The van der Waals surface area contributed by atoms with Gasteiger partial charge in [0.1, 0.15) is 12.4 Å². The van der Waals surface area contributed by atoms with Gasteiger partial charge in [0.15, 0.2) is 8.32 Å². The van der Waals surface area contributed by atoms with Gasteiger partial charge in [-0.2, -0.15) is 0 Å². The molecule has 1 rings (SSSR count). The smallest absolute Gasteiger partial charge is 0.192 e. The van der Waals surface area contributed by atoms with E-state index < -0.39 is 8.32 Å². The largest absolute Gasteiger partial charge is 0.411 e. The van der Waals surface area contributed by atoms with E-state index in [4.69, 9.17) is 9.16 Å². The van der Waals surface area contributed by atoms with Crippen molar-refractivity contribution in [2.45, 2.75) is 109 Å². The molecule has 1 saturated heterocycles. The zero-order chi connectivity index (χ0) is 16.8. The van der Waals surface area contributed by atoms with E-state index in [1.807, 2.05) is 0 Å². The molecule has 1 heterocycles. The zero-order valence-electron chi connectivity index (χ0n) is 15.5. The minimum Gasteiger partial charge on any atom is -0.411 e. The second-order valence-corrected chi connectivity index (χ2v) is 12.9. The number of aldehydes is 1. The van der Waals surface area contributed by atoms with Crippen LogP contribution in [0.15, 0.2) is 0 Å². The molecular weight excluding hydrogens is 292 g/mol. The number of unbranched alkanes of at least 4 members (excludes halogenated alkanes) is 3. The molecular formula is C18H36O3Si. The van der Waals surface area contributed by atoms with E-state index in [-0.39, 0.29) is 23.4 Å². The molecule has 0 bridgehead atoms. The summed E-state index contributed by atoms with van der Waals surface area (Å²) in [5.41, 5.74) is 0. The van der Waals surface area contributed by atoms with E-state index in [2.05, 4.69) is 40.8 Å². The fourth-order valence-corrected chi connectivity index (χ4v) is 4.09. The standard InChI is InChI=1S/C18H36O3Si/c1-7-8-9-10-11-17(16-13-12-15(14-19)20-16)21-22(5,6)18(2,3)4/h14-17H,7-13H2,1-6H3/t15-,16-,17-/m1/s1. The lowest BCUT2D eigenvalue weighted by Crippen LogP contribution is -2.47. The lowest BCUT2D eigenvalue weighted by atomic mass is 10.0. The summed E-state index contributed by atoms with van der Waals surface area (Å²) in [5, 5.41) is 0.206. The molecule has 3 nitrogen and oxygen atoms in total. The average molecular weight is 329 g/mol. The number of carbonyl (C=O) groups is 1. The highest BCUT2D eigenvalue weighted by atomic mass is 28.4. The third-order valence-corrected chi connectivity index (χ3v) is 9.75. The third kappa shape index (κ3) is 5.78. The van der Waals surface area contributed by atoms with Crippen LogP contribution in [-0.4, -0.2) is 32.9 Å². The van der Waals surface area contributed by atoms with Gasteiger partial charge < -0.3 is 14.0 Å². The quantitative estimate of drug-likeness (QED) is 0.336. The van der Waals surface area contributed by atoms with Crippen LogP contribution in [0.5, 0.6) is 0 Å². The van der Waals surface area contributed by atoms with E-state index in [0.29, 0.717) is 0 Å². The van der Waals surface area contributed by atoms with Crippen molar-refractivity contribution in [3.05, 3.63) is 0 Å². The van der Waals surface area contributed by atoms with E-state index in [0.717, 1.165) is 25.5 Å². The SMILES string of the molecule is CCCCCC[C@@H](O[Si](C)(C)C(C)(C)C)[C@H]1CC[C@H](C=O)O1. The van der Waals surface area contributed by atoms with E-state index >= 15 is 0 Å². The predicted molar refractivity (Wildman–Crippen MR) is 94.8 cm³/mol. The molecule has 4 heteroatoms. The number of hydrogen-bond acceptors (Lipinski definition) is 3. The number of rotatable bonds is 9. The maximum Gasteiger partial charge on any atom is 0.192 e. The Morgan fingerprint density at radius 3 is 2.41 bits per heavy atom. The molecule has 0 aromatic rings. The number of hydrogen-bond donors (Lipinski definition) is 0. The Labute approximate surface area is 138 Å². The molecule has 0 aromatic heterocycles. The third-order valence-electron chi connectivity index (χ3n) is 5.25. The summed E-state index contributed by atoms with van der Waals surface area (Å²) in [4.78, 5) is 11.0.